The average molecular weight is 518 g/mol. The lowest BCUT2D eigenvalue weighted by molar-refractivity contribution is -0.134. The van der Waals surface area contributed by atoms with E-state index in [2.05, 4.69) is 35.7 Å². The highest BCUT2D eigenvalue weighted by Gasteiger charge is 2.36. The number of rotatable bonds is 6. The fourth-order valence-corrected chi connectivity index (χ4v) is 5.90. The van der Waals surface area contributed by atoms with Crippen LogP contribution >= 0.6 is 0 Å². The first kappa shape index (κ1) is 27.7. The van der Waals surface area contributed by atoms with Crippen LogP contribution < -0.4 is 4.90 Å². The lowest BCUT2D eigenvalue weighted by Crippen LogP contribution is -2.49. The number of ether oxygens (including phenoxy) is 1. The number of likely N-dealkylation sites (tertiary alicyclic amines) is 2. The highest BCUT2D eigenvalue weighted by Crippen LogP contribution is 2.32. The standard InChI is InChI=1S/C28H47N5O4/c1-20(2)25(26(34)33-11-7-8-21(33)3)23-18-24(29-37-23)31-16-14-30(15-17-31)19-22-9-12-32(13-10-22)27(35)36-28(4,5)6/h18,20-22,25H,7-17,19H2,1-6H3. The number of hydrogen-bond donors (Lipinski definition) is 0. The minimum Gasteiger partial charge on any atom is -0.444 e. The molecule has 0 bridgehead atoms. The Balaban J connectivity index is 1.25. The third kappa shape index (κ3) is 6.98. The molecule has 2 amide bonds. The molecule has 208 valence electrons. The first-order valence-corrected chi connectivity index (χ1v) is 14.2. The number of carbonyl (C=O) groups excluding carboxylic acids is 2. The number of hydrogen-bond acceptors (Lipinski definition) is 7. The van der Waals surface area contributed by atoms with Crippen molar-refractivity contribution in [3.63, 3.8) is 0 Å². The maximum Gasteiger partial charge on any atom is 0.410 e. The van der Waals surface area contributed by atoms with Gasteiger partial charge in [-0.05, 0) is 65.2 Å². The Morgan fingerprint density at radius 2 is 1.73 bits per heavy atom. The van der Waals surface area contributed by atoms with Crippen molar-refractivity contribution < 1.29 is 18.8 Å². The molecule has 0 N–H and O–H groups in total. The van der Waals surface area contributed by atoms with E-state index in [4.69, 9.17) is 9.26 Å². The highest BCUT2D eigenvalue weighted by molar-refractivity contribution is 5.84. The smallest absolute Gasteiger partial charge is 0.410 e. The SMILES string of the molecule is CC(C)C(C(=O)N1CCCC1C)c1cc(N2CCN(CC3CCN(C(=O)OC(C)(C)C)CC3)CC2)no1. The van der Waals surface area contributed by atoms with E-state index in [9.17, 15) is 9.59 Å². The number of aromatic nitrogens is 1. The second-order valence-electron chi connectivity index (χ2n) is 12.5. The molecule has 9 heteroatoms. The van der Waals surface area contributed by atoms with Crippen molar-refractivity contribution in [3.05, 3.63) is 11.8 Å². The van der Waals surface area contributed by atoms with Crippen molar-refractivity contribution in [3.8, 4) is 0 Å². The summed E-state index contributed by atoms with van der Waals surface area (Å²) in [6.45, 7) is 19.2. The van der Waals surface area contributed by atoms with E-state index in [1.165, 1.54) is 0 Å². The summed E-state index contributed by atoms with van der Waals surface area (Å²) < 4.78 is 11.3. The van der Waals surface area contributed by atoms with Crippen molar-refractivity contribution in [2.45, 2.75) is 84.8 Å². The van der Waals surface area contributed by atoms with Gasteiger partial charge in [-0.15, -0.1) is 0 Å². The quantitative estimate of drug-likeness (QED) is 0.559. The molecule has 2 unspecified atom stereocenters. The Morgan fingerprint density at radius 1 is 1.05 bits per heavy atom. The molecule has 4 heterocycles. The van der Waals surface area contributed by atoms with E-state index in [0.717, 1.165) is 83.9 Å². The van der Waals surface area contributed by atoms with Crippen LogP contribution in [0.15, 0.2) is 10.6 Å². The molecule has 3 aliphatic heterocycles. The molecule has 1 aromatic rings. The molecule has 3 aliphatic rings. The molecule has 0 radical (unpaired) electrons. The molecule has 2 atom stereocenters. The molecule has 0 aliphatic carbocycles. The molecule has 3 saturated heterocycles. The van der Waals surface area contributed by atoms with E-state index in [0.29, 0.717) is 17.7 Å². The summed E-state index contributed by atoms with van der Waals surface area (Å²) in [7, 11) is 0. The topological polar surface area (TPSA) is 82.4 Å². The van der Waals surface area contributed by atoms with Gasteiger partial charge in [-0.25, -0.2) is 4.79 Å². The number of amides is 2. The Morgan fingerprint density at radius 3 is 2.30 bits per heavy atom. The van der Waals surface area contributed by atoms with Gasteiger partial charge in [0.2, 0.25) is 5.91 Å². The van der Waals surface area contributed by atoms with Gasteiger partial charge in [-0.2, -0.15) is 0 Å². The molecule has 37 heavy (non-hydrogen) atoms. The third-order valence-corrected chi connectivity index (χ3v) is 8.07. The normalized spacial score (nSPS) is 23.1. The summed E-state index contributed by atoms with van der Waals surface area (Å²) in [5, 5.41) is 4.37. The Bertz CT molecular complexity index is 910. The number of nitrogens with zero attached hydrogens (tertiary/aromatic N) is 5. The predicted octanol–water partition coefficient (Wildman–Crippen LogP) is 4.19. The van der Waals surface area contributed by atoms with Crippen LogP contribution in [0.3, 0.4) is 0 Å². The first-order chi connectivity index (χ1) is 17.5. The number of carbonyl (C=O) groups is 2. The van der Waals surface area contributed by atoms with Crippen LogP contribution in [0.25, 0.3) is 0 Å². The van der Waals surface area contributed by atoms with Crippen LogP contribution in [-0.4, -0.2) is 95.9 Å². The second-order valence-corrected chi connectivity index (χ2v) is 12.5. The van der Waals surface area contributed by atoms with E-state index in [1.807, 2.05) is 36.6 Å². The largest absolute Gasteiger partial charge is 0.444 e. The van der Waals surface area contributed by atoms with Gasteiger partial charge in [0.05, 0.1) is 0 Å². The molecule has 0 saturated carbocycles. The third-order valence-electron chi connectivity index (χ3n) is 8.07. The van der Waals surface area contributed by atoms with Crippen molar-refractivity contribution in [1.29, 1.82) is 0 Å². The zero-order valence-electron chi connectivity index (χ0n) is 23.7. The van der Waals surface area contributed by atoms with Crippen molar-refractivity contribution >= 4 is 17.8 Å². The Hall–Kier alpha value is -2.29. The maximum atomic E-state index is 13.3. The Labute approximate surface area is 222 Å². The van der Waals surface area contributed by atoms with Gasteiger partial charge in [-0.3, -0.25) is 9.69 Å². The summed E-state index contributed by atoms with van der Waals surface area (Å²) in [6.07, 6.45) is 4.00. The first-order valence-electron chi connectivity index (χ1n) is 14.2. The van der Waals surface area contributed by atoms with E-state index in [1.54, 1.807) is 0 Å². The predicted molar refractivity (Wildman–Crippen MR) is 144 cm³/mol. The number of piperazine rings is 1. The monoisotopic (exact) mass is 517 g/mol. The lowest BCUT2D eigenvalue weighted by Gasteiger charge is -2.39. The number of piperidine rings is 1. The lowest BCUT2D eigenvalue weighted by atomic mass is 9.91. The zero-order chi connectivity index (χ0) is 26.7. The average Bonchev–Trinajstić information content (AvgIpc) is 3.48. The Kier molecular flexibility index (Phi) is 8.71. The molecule has 0 spiro atoms. The van der Waals surface area contributed by atoms with Gasteiger partial charge in [0.15, 0.2) is 11.6 Å². The second kappa shape index (κ2) is 11.6. The fraction of sp³-hybridized carbons (Fsp3) is 0.821. The summed E-state index contributed by atoms with van der Waals surface area (Å²) in [5.41, 5.74) is -0.449. The van der Waals surface area contributed by atoms with Crippen LogP contribution in [0.5, 0.6) is 0 Å². The van der Waals surface area contributed by atoms with Crippen molar-refractivity contribution in [2.75, 3.05) is 57.3 Å². The molecule has 9 nitrogen and oxygen atoms in total. The molecule has 3 fully saturated rings. The van der Waals surface area contributed by atoms with Crippen LogP contribution in [0.4, 0.5) is 10.6 Å². The van der Waals surface area contributed by atoms with Crippen LogP contribution in [0, 0.1) is 11.8 Å². The molecular formula is C28H47N5O4. The zero-order valence-corrected chi connectivity index (χ0v) is 23.7. The van der Waals surface area contributed by atoms with Gasteiger partial charge in [0, 0.05) is 64.5 Å². The van der Waals surface area contributed by atoms with Gasteiger partial charge in [0.25, 0.3) is 0 Å². The summed E-state index contributed by atoms with van der Waals surface area (Å²) in [4.78, 5) is 34.3. The van der Waals surface area contributed by atoms with Crippen molar-refractivity contribution in [2.24, 2.45) is 11.8 Å². The minimum atomic E-state index is -0.449. The van der Waals surface area contributed by atoms with Gasteiger partial charge >= 0.3 is 6.09 Å². The fourth-order valence-electron chi connectivity index (χ4n) is 5.90. The van der Waals surface area contributed by atoms with Crippen LogP contribution in [-0.2, 0) is 9.53 Å². The van der Waals surface area contributed by atoms with Gasteiger partial charge < -0.3 is 24.0 Å². The highest BCUT2D eigenvalue weighted by atomic mass is 16.6. The van der Waals surface area contributed by atoms with Crippen LogP contribution in [0.2, 0.25) is 0 Å². The summed E-state index contributed by atoms with van der Waals surface area (Å²) in [5.74, 6) is 2.18. The van der Waals surface area contributed by atoms with Crippen molar-refractivity contribution in [1.82, 2.24) is 19.9 Å². The summed E-state index contributed by atoms with van der Waals surface area (Å²) in [6, 6.07) is 2.29. The van der Waals surface area contributed by atoms with Gasteiger partial charge in [0.1, 0.15) is 11.5 Å². The van der Waals surface area contributed by atoms with Gasteiger partial charge in [-0.1, -0.05) is 19.0 Å². The summed E-state index contributed by atoms with van der Waals surface area (Å²) >= 11 is 0. The van der Waals surface area contributed by atoms with Crippen LogP contribution in [0.1, 0.15) is 78.9 Å². The molecule has 0 aromatic carbocycles. The van der Waals surface area contributed by atoms with E-state index >= 15 is 0 Å². The molecule has 4 rings (SSSR count). The number of anilines is 1. The minimum absolute atomic E-state index is 0.152. The van der Waals surface area contributed by atoms with E-state index in [-0.39, 0.29) is 23.8 Å². The molecular weight excluding hydrogens is 470 g/mol. The molecule has 1 aromatic heterocycles. The van der Waals surface area contributed by atoms with E-state index < -0.39 is 5.60 Å². The maximum absolute atomic E-state index is 13.3.